The highest BCUT2D eigenvalue weighted by atomic mass is 35.5. The van der Waals surface area contributed by atoms with Crippen LogP contribution in [0.5, 0.6) is 11.5 Å². The molecule has 0 bridgehead atoms. The van der Waals surface area contributed by atoms with Crippen molar-refractivity contribution in [3.63, 3.8) is 0 Å². The summed E-state index contributed by atoms with van der Waals surface area (Å²) in [4.78, 5) is 36.3. The minimum absolute atomic E-state index is 0.104. The van der Waals surface area contributed by atoms with Gasteiger partial charge in [-0.25, -0.2) is 9.59 Å². The second-order valence-corrected chi connectivity index (χ2v) is 7.49. The third kappa shape index (κ3) is 5.82. The zero-order valence-electron chi connectivity index (χ0n) is 17.9. The number of carbonyl (C=O) groups is 2. The van der Waals surface area contributed by atoms with Gasteiger partial charge in [-0.05, 0) is 42.5 Å². The van der Waals surface area contributed by atoms with Gasteiger partial charge in [0.1, 0.15) is 28.6 Å². The van der Waals surface area contributed by atoms with Crippen molar-refractivity contribution < 1.29 is 28.4 Å². The number of ether oxygens (including phenoxy) is 2. The molecule has 0 unspecified atom stereocenters. The molecule has 4 rings (SSSR count). The summed E-state index contributed by atoms with van der Waals surface area (Å²) in [5.41, 5.74) is -0.319. The van der Waals surface area contributed by atoms with Crippen molar-refractivity contribution in [2.45, 2.75) is 0 Å². The van der Waals surface area contributed by atoms with E-state index in [1.807, 2.05) is 0 Å². The summed E-state index contributed by atoms with van der Waals surface area (Å²) in [6.07, 6.45) is 1.17. The lowest BCUT2D eigenvalue weighted by atomic mass is 10.1. The Morgan fingerprint density at radius 3 is 1.94 bits per heavy atom. The molecular formula is C26H16ClNO7. The fraction of sp³-hybridized carbons (Fsp3) is 0. The number of para-hydroxylation sites is 2. The predicted molar refractivity (Wildman–Crippen MR) is 128 cm³/mol. The number of nitro benzene ring substituents is 1. The molecule has 0 N–H and O–H groups in total. The highest BCUT2D eigenvalue weighted by Crippen LogP contribution is 2.33. The monoisotopic (exact) mass is 489 g/mol. The molecule has 0 saturated carbocycles. The summed E-state index contributed by atoms with van der Waals surface area (Å²) >= 11 is 6.19. The number of non-ortho nitro benzene ring substituents is 1. The van der Waals surface area contributed by atoms with Crippen LogP contribution in [0.2, 0.25) is 5.02 Å². The minimum Gasteiger partial charge on any atom is -0.457 e. The number of esters is 2. The van der Waals surface area contributed by atoms with Crippen LogP contribution in [0.25, 0.3) is 17.4 Å². The lowest BCUT2D eigenvalue weighted by Gasteiger charge is -2.08. The van der Waals surface area contributed by atoms with E-state index in [0.717, 1.165) is 0 Å². The van der Waals surface area contributed by atoms with Crippen LogP contribution < -0.4 is 9.47 Å². The molecule has 0 amide bonds. The number of rotatable bonds is 7. The Morgan fingerprint density at radius 1 is 0.829 bits per heavy atom. The van der Waals surface area contributed by atoms with E-state index in [-0.39, 0.29) is 39.3 Å². The summed E-state index contributed by atoms with van der Waals surface area (Å²) < 4.78 is 16.3. The van der Waals surface area contributed by atoms with Crippen LogP contribution in [0.3, 0.4) is 0 Å². The summed E-state index contributed by atoms with van der Waals surface area (Å²) in [6, 6.07) is 23.4. The standard InChI is InChI=1S/C26H16ClNO7/c27-23-13-11-17(28(31)32)15-21(23)24-14-12-20(33-24)16-22(25(29)34-18-7-3-1-4-8-18)26(30)35-19-9-5-2-6-10-19/h1-16H. The van der Waals surface area contributed by atoms with Crippen LogP contribution in [0, 0.1) is 10.1 Å². The van der Waals surface area contributed by atoms with E-state index in [0.29, 0.717) is 0 Å². The van der Waals surface area contributed by atoms with Crippen LogP contribution in [0.15, 0.2) is 101 Å². The maximum Gasteiger partial charge on any atom is 0.351 e. The maximum absolute atomic E-state index is 12.9. The maximum atomic E-state index is 12.9. The molecule has 0 aliphatic heterocycles. The first kappa shape index (κ1) is 23.5. The van der Waals surface area contributed by atoms with Gasteiger partial charge in [-0.15, -0.1) is 0 Å². The Hall–Kier alpha value is -4.69. The van der Waals surface area contributed by atoms with E-state index in [1.165, 1.54) is 36.4 Å². The summed E-state index contributed by atoms with van der Waals surface area (Å²) in [5, 5.41) is 11.3. The Labute approximate surface area is 204 Å². The van der Waals surface area contributed by atoms with Crippen molar-refractivity contribution >= 4 is 35.3 Å². The number of furan rings is 1. The number of nitro groups is 1. The van der Waals surface area contributed by atoms with E-state index in [9.17, 15) is 19.7 Å². The van der Waals surface area contributed by atoms with Crippen LogP contribution in [0.1, 0.15) is 5.76 Å². The third-order valence-corrected chi connectivity index (χ3v) is 5.02. The number of benzene rings is 3. The van der Waals surface area contributed by atoms with Crippen molar-refractivity contribution in [2.75, 3.05) is 0 Å². The van der Waals surface area contributed by atoms with Crippen LogP contribution in [0.4, 0.5) is 5.69 Å². The number of hydrogen-bond acceptors (Lipinski definition) is 7. The van der Waals surface area contributed by atoms with Gasteiger partial charge in [0.05, 0.1) is 9.95 Å². The smallest absolute Gasteiger partial charge is 0.351 e. The lowest BCUT2D eigenvalue weighted by molar-refractivity contribution is -0.384. The quantitative estimate of drug-likeness (QED) is 0.0586. The molecule has 35 heavy (non-hydrogen) atoms. The molecule has 0 saturated heterocycles. The number of carbonyl (C=O) groups excluding carboxylic acids is 2. The van der Waals surface area contributed by atoms with Gasteiger partial charge in [0.2, 0.25) is 0 Å². The largest absolute Gasteiger partial charge is 0.457 e. The summed E-state index contributed by atoms with van der Waals surface area (Å²) in [6.45, 7) is 0. The van der Waals surface area contributed by atoms with Crippen LogP contribution in [-0.2, 0) is 9.59 Å². The zero-order valence-corrected chi connectivity index (χ0v) is 18.7. The van der Waals surface area contributed by atoms with Gasteiger partial charge in [0.25, 0.3) is 5.69 Å². The molecule has 1 heterocycles. The SMILES string of the molecule is O=C(Oc1ccccc1)C(=Cc1ccc(-c2cc([N+](=O)[O-])ccc2Cl)o1)C(=O)Oc1ccccc1. The van der Waals surface area contributed by atoms with Gasteiger partial charge < -0.3 is 13.9 Å². The highest BCUT2D eigenvalue weighted by molar-refractivity contribution is 6.33. The number of nitrogens with zero attached hydrogens (tertiary/aromatic N) is 1. The zero-order chi connectivity index (χ0) is 24.8. The lowest BCUT2D eigenvalue weighted by Crippen LogP contribution is -2.22. The van der Waals surface area contributed by atoms with Crippen molar-refractivity contribution in [3.8, 4) is 22.8 Å². The van der Waals surface area contributed by atoms with E-state index in [1.54, 1.807) is 60.7 Å². The second-order valence-electron chi connectivity index (χ2n) is 7.09. The van der Waals surface area contributed by atoms with Crippen LogP contribution >= 0.6 is 11.6 Å². The Kier molecular flexibility index (Phi) is 7.04. The summed E-state index contributed by atoms with van der Waals surface area (Å²) in [7, 11) is 0. The van der Waals surface area contributed by atoms with E-state index < -0.39 is 22.4 Å². The molecule has 0 fully saturated rings. The fourth-order valence-corrected chi connectivity index (χ4v) is 3.25. The van der Waals surface area contributed by atoms with Gasteiger partial charge in [-0.1, -0.05) is 48.0 Å². The molecule has 4 aromatic rings. The molecule has 0 aliphatic carbocycles. The Morgan fingerprint density at radius 2 is 1.40 bits per heavy atom. The van der Waals surface area contributed by atoms with Crippen molar-refractivity contribution in [3.05, 3.63) is 117 Å². The molecule has 8 nitrogen and oxygen atoms in total. The first-order valence-electron chi connectivity index (χ1n) is 10.2. The van der Waals surface area contributed by atoms with Gasteiger partial charge >= 0.3 is 11.9 Å². The minimum atomic E-state index is -0.955. The predicted octanol–water partition coefficient (Wildman–Crippen LogP) is 6.10. The Balaban J connectivity index is 1.67. The molecule has 0 atom stereocenters. The van der Waals surface area contributed by atoms with Crippen LogP contribution in [-0.4, -0.2) is 16.9 Å². The molecule has 0 radical (unpaired) electrons. The molecular weight excluding hydrogens is 474 g/mol. The fourth-order valence-electron chi connectivity index (χ4n) is 3.04. The first-order chi connectivity index (χ1) is 16.9. The van der Waals surface area contributed by atoms with Gasteiger partial charge in [-0.2, -0.15) is 0 Å². The summed E-state index contributed by atoms with van der Waals surface area (Å²) in [5.74, 6) is -1.13. The average molecular weight is 490 g/mol. The van der Waals surface area contributed by atoms with Gasteiger partial charge in [-0.3, -0.25) is 10.1 Å². The molecule has 9 heteroatoms. The molecule has 0 spiro atoms. The third-order valence-electron chi connectivity index (χ3n) is 4.69. The highest BCUT2D eigenvalue weighted by Gasteiger charge is 2.24. The van der Waals surface area contributed by atoms with Gasteiger partial charge in [0.15, 0.2) is 0 Å². The molecule has 1 aromatic heterocycles. The topological polar surface area (TPSA) is 109 Å². The van der Waals surface area contributed by atoms with Gasteiger partial charge in [0, 0.05) is 23.8 Å². The van der Waals surface area contributed by atoms with Crippen molar-refractivity contribution in [1.82, 2.24) is 0 Å². The van der Waals surface area contributed by atoms with E-state index in [2.05, 4.69) is 0 Å². The normalized spacial score (nSPS) is 10.3. The molecule has 174 valence electrons. The van der Waals surface area contributed by atoms with Crippen molar-refractivity contribution in [2.24, 2.45) is 0 Å². The average Bonchev–Trinajstić information content (AvgIpc) is 3.32. The van der Waals surface area contributed by atoms with Crippen molar-refractivity contribution in [1.29, 1.82) is 0 Å². The van der Waals surface area contributed by atoms with E-state index >= 15 is 0 Å². The second kappa shape index (κ2) is 10.5. The Bertz CT molecular complexity index is 1360. The molecule has 0 aliphatic rings. The number of halogens is 1. The van der Waals surface area contributed by atoms with E-state index in [4.69, 9.17) is 25.5 Å². The first-order valence-corrected chi connectivity index (χ1v) is 10.6. The number of hydrogen-bond donors (Lipinski definition) is 0. The molecule has 3 aromatic carbocycles.